The van der Waals surface area contributed by atoms with Gasteiger partial charge in [-0.15, -0.1) is 11.3 Å². The van der Waals surface area contributed by atoms with Crippen molar-refractivity contribution in [3.05, 3.63) is 57.8 Å². The number of hydrogen-bond acceptors (Lipinski definition) is 2. The van der Waals surface area contributed by atoms with E-state index < -0.39 is 0 Å². The van der Waals surface area contributed by atoms with Gasteiger partial charge in [-0.05, 0) is 61.0 Å². The summed E-state index contributed by atoms with van der Waals surface area (Å²) in [4.78, 5) is 1.26. The van der Waals surface area contributed by atoms with E-state index in [2.05, 4.69) is 18.3 Å². The highest BCUT2D eigenvalue weighted by Gasteiger charge is 2.14. The third kappa shape index (κ3) is 4.39. The maximum absolute atomic E-state index is 13.7. The van der Waals surface area contributed by atoms with Crippen LogP contribution in [-0.4, -0.2) is 12.6 Å². The number of halogens is 2. The van der Waals surface area contributed by atoms with Crippen molar-refractivity contribution in [2.75, 3.05) is 6.54 Å². The molecule has 108 valence electrons. The molecule has 1 nitrogen and oxygen atoms in total. The molecule has 0 aliphatic rings. The Kier molecular flexibility index (Phi) is 5.68. The van der Waals surface area contributed by atoms with Crippen molar-refractivity contribution in [1.82, 2.24) is 5.32 Å². The summed E-state index contributed by atoms with van der Waals surface area (Å²) in [7, 11) is 0. The molecule has 2 rings (SSSR count). The molecule has 0 bridgehead atoms. The molecule has 1 heterocycles. The Bertz CT molecular complexity index is 525. The zero-order valence-corrected chi connectivity index (χ0v) is 12.4. The summed E-state index contributed by atoms with van der Waals surface area (Å²) < 4.78 is 27.0. The van der Waals surface area contributed by atoms with Gasteiger partial charge in [-0.3, -0.25) is 0 Å². The number of thiophene rings is 1. The van der Waals surface area contributed by atoms with Crippen LogP contribution in [0.25, 0.3) is 0 Å². The van der Waals surface area contributed by atoms with E-state index in [1.54, 1.807) is 11.3 Å². The third-order valence-electron chi connectivity index (χ3n) is 3.18. The van der Waals surface area contributed by atoms with Gasteiger partial charge in [0.25, 0.3) is 0 Å². The molecule has 0 spiro atoms. The average molecular weight is 295 g/mol. The second-order valence-corrected chi connectivity index (χ2v) is 5.91. The molecular formula is C16H19F2NS. The van der Waals surface area contributed by atoms with Crippen molar-refractivity contribution in [2.24, 2.45) is 0 Å². The van der Waals surface area contributed by atoms with Crippen LogP contribution < -0.4 is 5.32 Å². The molecule has 2 aromatic rings. The number of hydrogen-bond donors (Lipinski definition) is 1. The van der Waals surface area contributed by atoms with Gasteiger partial charge in [-0.1, -0.05) is 13.0 Å². The fraction of sp³-hybridized carbons (Fsp3) is 0.375. The van der Waals surface area contributed by atoms with Gasteiger partial charge in [0.05, 0.1) is 0 Å². The Morgan fingerprint density at radius 1 is 1.20 bits per heavy atom. The summed E-state index contributed by atoms with van der Waals surface area (Å²) in [5.41, 5.74) is 0.440. The van der Waals surface area contributed by atoms with E-state index in [0.717, 1.165) is 25.5 Å². The van der Waals surface area contributed by atoms with Crippen molar-refractivity contribution in [2.45, 2.75) is 32.2 Å². The average Bonchev–Trinajstić information content (AvgIpc) is 2.93. The Balaban J connectivity index is 2.08. The standard InChI is InChI=1S/C16H19F2NS/c1-2-7-19-14(11-15-4-3-8-20-15)10-12-9-13(17)5-6-16(12)18/h3-6,8-9,14,19H,2,7,10-11H2,1H3. The molecule has 1 unspecified atom stereocenters. The summed E-state index contributed by atoms with van der Waals surface area (Å²) >= 11 is 1.69. The van der Waals surface area contributed by atoms with Crippen LogP contribution in [0.1, 0.15) is 23.8 Å². The minimum absolute atomic E-state index is 0.130. The zero-order chi connectivity index (χ0) is 14.4. The van der Waals surface area contributed by atoms with Crippen molar-refractivity contribution >= 4 is 11.3 Å². The lowest BCUT2D eigenvalue weighted by Gasteiger charge is -2.18. The smallest absolute Gasteiger partial charge is 0.126 e. The largest absolute Gasteiger partial charge is 0.313 e. The lowest BCUT2D eigenvalue weighted by atomic mass is 10.0. The first-order chi connectivity index (χ1) is 9.69. The monoisotopic (exact) mass is 295 g/mol. The van der Waals surface area contributed by atoms with Gasteiger partial charge in [0.2, 0.25) is 0 Å². The van der Waals surface area contributed by atoms with Crippen molar-refractivity contribution in [3.63, 3.8) is 0 Å². The number of nitrogens with one attached hydrogen (secondary N) is 1. The molecule has 0 fully saturated rings. The van der Waals surface area contributed by atoms with Crippen LogP contribution in [0, 0.1) is 11.6 Å². The Morgan fingerprint density at radius 3 is 2.75 bits per heavy atom. The summed E-state index contributed by atoms with van der Waals surface area (Å²) in [6.07, 6.45) is 2.36. The van der Waals surface area contributed by atoms with E-state index in [4.69, 9.17) is 0 Å². The van der Waals surface area contributed by atoms with Crippen LogP contribution in [0.3, 0.4) is 0 Å². The Labute approximate surface area is 122 Å². The lowest BCUT2D eigenvalue weighted by Crippen LogP contribution is -2.33. The quantitative estimate of drug-likeness (QED) is 0.808. The van der Waals surface area contributed by atoms with Crippen LogP contribution in [0.15, 0.2) is 35.7 Å². The highest BCUT2D eigenvalue weighted by Crippen LogP contribution is 2.16. The maximum Gasteiger partial charge on any atom is 0.126 e. The van der Waals surface area contributed by atoms with Gasteiger partial charge in [0.1, 0.15) is 11.6 Å². The highest BCUT2D eigenvalue weighted by molar-refractivity contribution is 7.09. The second kappa shape index (κ2) is 7.50. The Morgan fingerprint density at radius 2 is 2.05 bits per heavy atom. The molecule has 1 aromatic carbocycles. The van der Waals surface area contributed by atoms with Gasteiger partial charge in [0.15, 0.2) is 0 Å². The van der Waals surface area contributed by atoms with E-state index in [-0.39, 0.29) is 17.7 Å². The molecule has 0 aliphatic heterocycles. The van der Waals surface area contributed by atoms with Crippen LogP contribution in [-0.2, 0) is 12.8 Å². The second-order valence-electron chi connectivity index (χ2n) is 4.87. The van der Waals surface area contributed by atoms with E-state index in [1.165, 1.54) is 17.0 Å². The minimum atomic E-state index is -0.383. The molecule has 4 heteroatoms. The predicted octanol–water partition coefficient (Wildman–Crippen LogP) is 4.18. The number of rotatable bonds is 7. The normalized spacial score (nSPS) is 12.6. The van der Waals surface area contributed by atoms with Crippen molar-refractivity contribution in [1.29, 1.82) is 0 Å². The maximum atomic E-state index is 13.7. The topological polar surface area (TPSA) is 12.0 Å². The van der Waals surface area contributed by atoms with E-state index in [9.17, 15) is 8.78 Å². The van der Waals surface area contributed by atoms with E-state index >= 15 is 0 Å². The lowest BCUT2D eigenvalue weighted by molar-refractivity contribution is 0.491. The van der Waals surface area contributed by atoms with Crippen LogP contribution in [0.2, 0.25) is 0 Å². The van der Waals surface area contributed by atoms with Crippen LogP contribution in [0.5, 0.6) is 0 Å². The number of benzene rings is 1. The molecule has 20 heavy (non-hydrogen) atoms. The minimum Gasteiger partial charge on any atom is -0.313 e. The van der Waals surface area contributed by atoms with Crippen LogP contribution >= 0.6 is 11.3 Å². The van der Waals surface area contributed by atoms with Gasteiger partial charge in [0, 0.05) is 10.9 Å². The molecule has 0 amide bonds. The van der Waals surface area contributed by atoms with E-state index in [1.807, 2.05) is 11.4 Å². The molecule has 1 atom stereocenters. The zero-order valence-electron chi connectivity index (χ0n) is 11.5. The van der Waals surface area contributed by atoms with Crippen molar-refractivity contribution in [3.8, 4) is 0 Å². The third-order valence-corrected chi connectivity index (χ3v) is 4.08. The summed E-state index contributed by atoms with van der Waals surface area (Å²) in [5.74, 6) is -0.715. The summed E-state index contributed by atoms with van der Waals surface area (Å²) in [5, 5.41) is 5.46. The molecular weight excluding hydrogens is 276 g/mol. The molecule has 0 saturated heterocycles. The van der Waals surface area contributed by atoms with Crippen molar-refractivity contribution < 1.29 is 8.78 Å². The van der Waals surface area contributed by atoms with E-state index in [0.29, 0.717) is 12.0 Å². The molecule has 0 aliphatic carbocycles. The Hall–Kier alpha value is -1.26. The van der Waals surface area contributed by atoms with Crippen LogP contribution in [0.4, 0.5) is 8.78 Å². The molecule has 1 N–H and O–H groups in total. The first-order valence-corrected chi connectivity index (χ1v) is 7.76. The molecule has 0 saturated carbocycles. The van der Waals surface area contributed by atoms with Gasteiger partial charge in [-0.25, -0.2) is 8.78 Å². The SMILES string of the molecule is CCCNC(Cc1cccs1)Cc1cc(F)ccc1F. The first kappa shape index (κ1) is 15.1. The fourth-order valence-electron chi connectivity index (χ4n) is 2.20. The fourth-order valence-corrected chi connectivity index (χ4v) is 2.99. The van der Waals surface area contributed by atoms with Gasteiger partial charge in [-0.2, -0.15) is 0 Å². The molecule has 1 aromatic heterocycles. The predicted molar refractivity (Wildman–Crippen MR) is 80.2 cm³/mol. The molecule has 0 radical (unpaired) electrons. The highest BCUT2D eigenvalue weighted by atomic mass is 32.1. The first-order valence-electron chi connectivity index (χ1n) is 6.88. The van der Waals surface area contributed by atoms with Gasteiger partial charge < -0.3 is 5.32 Å². The summed E-state index contributed by atoms with van der Waals surface area (Å²) in [6.45, 7) is 2.98. The summed E-state index contributed by atoms with van der Waals surface area (Å²) in [6, 6.07) is 7.88. The van der Waals surface area contributed by atoms with Gasteiger partial charge >= 0.3 is 0 Å².